The van der Waals surface area contributed by atoms with Crippen molar-refractivity contribution in [3.63, 3.8) is 0 Å². The molecule has 1 N–H and O–H groups in total. The Labute approximate surface area is 114 Å². The number of hydrogen-bond donors (Lipinski definition) is 1. The molecule has 0 spiro atoms. The van der Waals surface area contributed by atoms with Gasteiger partial charge >= 0.3 is 0 Å². The first-order valence-corrected chi connectivity index (χ1v) is 7.49. The number of benzene rings is 2. The van der Waals surface area contributed by atoms with Crippen molar-refractivity contribution >= 4 is 10.8 Å². The second-order valence-electron chi connectivity index (χ2n) is 6.48. The first kappa shape index (κ1) is 11.3. The van der Waals surface area contributed by atoms with Crippen LogP contribution in [-0.2, 0) is 5.41 Å². The quantitative estimate of drug-likeness (QED) is 0.775. The Bertz CT molecular complexity index is 607. The number of phenolic OH excluding ortho intramolecular Hbond substituents is 1. The smallest absolute Gasteiger partial charge is 0.116 e. The number of rotatable bonds is 1. The fraction of sp³-hybridized carbons (Fsp3) is 0.444. The van der Waals surface area contributed by atoms with Crippen LogP contribution in [0.1, 0.15) is 44.1 Å². The highest BCUT2D eigenvalue weighted by Gasteiger charge is 2.42. The highest BCUT2D eigenvalue weighted by atomic mass is 16.3. The minimum atomic E-state index is 0.340. The van der Waals surface area contributed by atoms with Gasteiger partial charge in [0.05, 0.1) is 0 Å². The van der Waals surface area contributed by atoms with Crippen LogP contribution < -0.4 is 0 Å². The molecule has 98 valence electrons. The lowest BCUT2D eigenvalue weighted by atomic mass is 9.57. The molecule has 3 fully saturated rings. The zero-order chi connectivity index (χ0) is 12.9. The zero-order valence-corrected chi connectivity index (χ0v) is 11.2. The van der Waals surface area contributed by atoms with Gasteiger partial charge in [-0.1, -0.05) is 24.3 Å². The Morgan fingerprint density at radius 1 is 0.947 bits per heavy atom. The summed E-state index contributed by atoms with van der Waals surface area (Å²) >= 11 is 0. The summed E-state index contributed by atoms with van der Waals surface area (Å²) in [5, 5.41) is 12.6. The Balaban J connectivity index is 1.94. The highest BCUT2D eigenvalue weighted by Crippen LogP contribution is 2.53. The Hall–Kier alpha value is -1.50. The molecule has 0 saturated heterocycles. The second-order valence-corrected chi connectivity index (χ2v) is 6.48. The first-order chi connectivity index (χ1) is 9.27. The van der Waals surface area contributed by atoms with Crippen LogP contribution >= 0.6 is 0 Å². The number of fused-ring (bicyclic) bond motifs is 4. The Kier molecular flexibility index (Phi) is 2.38. The van der Waals surface area contributed by atoms with Crippen LogP contribution in [0.2, 0.25) is 0 Å². The molecule has 0 unspecified atom stereocenters. The van der Waals surface area contributed by atoms with E-state index in [4.69, 9.17) is 0 Å². The predicted molar refractivity (Wildman–Crippen MR) is 78.5 cm³/mol. The van der Waals surface area contributed by atoms with Gasteiger partial charge in [0.15, 0.2) is 0 Å². The third kappa shape index (κ3) is 1.68. The molecule has 0 amide bonds. The molecule has 3 saturated carbocycles. The largest absolute Gasteiger partial charge is 0.508 e. The monoisotopic (exact) mass is 252 g/mol. The standard InChI is InChI=1S/C18H20O/c19-15-11-14-3-1-2-4-16(14)17(12-15)18-8-5-13(6-9-18)7-10-18/h1-4,11-13,19H,5-10H2. The van der Waals surface area contributed by atoms with E-state index in [1.807, 2.05) is 12.1 Å². The van der Waals surface area contributed by atoms with Crippen molar-refractivity contribution in [1.82, 2.24) is 0 Å². The summed E-state index contributed by atoms with van der Waals surface area (Å²) in [5.41, 5.74) is 1.74. The lowest BCUT2D eigenvalue weighted by Gasteiger charge is -2.47. The van der Waals surface area contributed by atoms with Gasteiger partial charge in [0.25, 0.3) is 0 Å². The summed E-state index contributed by atoms with van der Waals surface area (Å²) in [6.45, 7) is 0. The van der Waals surface area contributed by atoms with Gasteiger partial charge < -0.3 is 5.11 Å². The summed E-state index contributed by atoms with van der Waals surface area (Å²) < 4.78 is 0. The van der Waals surface area contributed by atoms with Crippen molar-refractivity contribution in [1.29, 1.82) is 0 Å². The van der Waals surface area contributed by atoms with Gasteiger partial charge in [-0.3, -0.25) is 0 Å². The summed E-state index contributed by atoms with van der Waals surface area (Å²) in [7, 11) is 0. The lowest BCUT2D eigenvalue weighted by molar-refractivity contribution is 0.137. The van der Waals surface area contributed by atoms with Gasteiger partial charge in [0.2, 0.25) is 0 Å². The number of phenols is 1. The van der Waals surface area contributed by atoms with Crippen molar-refractivity contribution in [3.8, 4) is 5.75 Å². The molecule has 2 bridgehead atoms. The lowest BCUT2D eigenvalue weighted by Crippen LogP contribution is -2.37. The molecule has 0 radical (unpaired) electrons. The van der Waals surface area contributed by atoms with Crippen LogP contribution in [0.5, 0.6) is 5.75 Å². The summed E-state index contributed by atoms with van der Waals surface area (Å²) in [5.74, 6) is 1.40. The molecule has 1 nitrogen and oxygen atoms in total. The fourth-order valence-corrected chi connectivity index (χ4v) is 4.39. The van der Waals surface area contributed by atoms with Crippen molar-refractivity contribution in [2.75, 3.05) is 0 Å². The molecule has 0 aromatic heterocycles. The van der Waals surface area contributed by atoms with Gasteiger partial charge in [0, 0.05) is 0 Å². The molecule has 19 heavy (non-hydrogen) atoms. The van der Waals surface area contributed by atoms with E-state index in [2.05, 4.69) is 24.3 Å². The van der Waals surface area contributed by atoms with Crippen molar-refractivity contribution in [2.45, 2.75) is 43.9 Å². The van der Waals surface area contributed by atoms with Crippen LogP contribution in [0.4, 0.5) is 0 Å². The van der Waals surface area contributed by atoms with Gasteiger partial charge in [0.1, 0.15) is 5.75 Å². The average molecular weight is 252 g/mol. The van der Waals surface area contributed by atoms with Gasteiger partial charge in [-0.2, -0.15) is 0 Å². The third-order valence-corrected chi connectivity index (χ3v) is 5.51. The van der Waals surface area contributed by atoms with E-state index in [9.17, 15) is 5.11 Å². The van der Waals surface area contributed by atoms with Gasteiger partial charge in [-0.15, -0.1) is 0 Å². The number of aromatic hydroxyl groups is 1. The second kappa shape index (κ2) is 4.00. The van der Waals surface area contributed by atoms with E-state index < -0.39 is 0 Å². The molecule has 0 aliphatic heterocycles. The normalized spacial score (nSPS) is 29.8. The van der Waals surface area contributed by atoms with E-state index in [-0.39, 0.29) is 0 Å². The van der Waals surface area contributed by atoms with Crippen LogP contribution in [0.15, 0.2) is 36.4 Å². The molecular formula is C18H20O. The molecule has 2 aromatic rings. The maximum absolute atomic E-state index is 10.1. The SMILES string of the molecule is Oc1cc(C23CCC(CC2)CC3)c2ccccc2c1. The predicted octanol–water partition coefficient (Wildman–Crippen LogP) is 4.77. The van der Waals surface area contributed by atoms with E-state index in [0.717, 1.165) is 5.92 Å². The third-order valence-electron chi connectivity index (χ3n) is 5.51. The van der Waals surface area contributed by atoms with E-state index in [1.165, 1.54) is 54.9 Å². The Morgan fingerprint density at radius 3 is 2.37 bits per heavy atom. The maximum Gasteiger partial charge on any atom is 0.116 e. The molecule has 1 heteroatoms. The zero-order valence-electron chi connectivity index (χ0n) is 11.2. The fourth-order valence-electron chi connectivity index (χ4n) is 4.39. The van der Waals surface area contributed by atoms with Gasteiger partial charge in [-0.25, -0.2) is 0 Å². The Morgan fingerprint density at radius 2 is 1.63 bits per heavy atom. The first-order valence-electron chi connectivity index (χ1n) is 7.49. The minimum Gasteiger partial charge on any atom is -0.508 e. The number of hydrogen-bond acceptors (Lipinski definition) is 1. The summed E-state index contributed by atoms with van der Waals surface area (Å²) in [6, 6.07) is 12.4. The van der Waals surface area contributed by atoms with Crippen LogP contribution in [0.25, 0.3) is 10.8 Å². The topological polar surface area (TPSA) is 20.2 Å². The minimum absolute atomic E-state index is 0.340. The van der Waals surface area contributed by atoms with E-state index in [0.29, 0.717) is 11.2 Å². The van der Waals surface area contributed by atoms with Crippen molar-refractivity contribution in [2.24, 2.45) is 5.92 Å². The molecule has 3 aliphatic rings. The van der Waals surface area contributed by atoms with Crippen LogP contribution in [-0.4, -0.2) is 5.11 Å². The van der Waals surface area contributed by atoms with Crippen molar-refractivity contribution in [3.05, 3.63) is 42.0 Å². The summed E-state index contributed by atoms with van der Waals surface area (Å²) in [4.78, 5) is 0. The average Bonchev–Trinajstić information content (AvgIpc) is 2.48. The molecule has 2 aromatic carbocycles. The molecule has 3 aliphatic carbocycles. The molecular weight excluding hydrogens is 232 g/mol. The molecule has 0 atom stereocenters. The van der Waals surface area contributed by atoms with E-state index >= 15 is 0 Å². The van der Waals surface area contributed by atoms with Crippen molar-refractivity contribution < 1.29 is 5.11 Å². The highest BCUT2D eigenvalue weighted by molar-refractivity contribution is 5.88. The van der Waals surface area contributed by atoms with Crippen LogP contribution in [0.3, 0.4) is 0 Å². The maximum atomic E-state index is 10.1. The molecule has 0 heterocycles. The van der Waals surface area contributed by atoms with Crippen LogP contribution in [0, 0.1) is 5.92 Å². The molecule has 5 rings (SSSR count). The summed E-state index contributed by atoms with van der Waals surface area (Å²) in [6.07, 6.45) is 8.07. The van der Waals surface area contributed by atoms with E-state index in [1.54, 1.807) is 0 Å². The van der Waals surface area contributed by atoms with Gasteiger partial charge in [-0.05, 0) is 78.3 Å².